The number of benzene rings is 2. The number of hydrogen-bond acceptors (Lipinski definition) is 4. The Labute approximate surface area is 151 Å². The minimum absolute atomic E-state index is 0.0542. The van der Waals surface area contributed by atoms with Gasteiger partial charge in [-0.1, -0.05) is 35.5 Å². The number of halogens is 1. The number of nitrogens with one attached hydrogen (secondary N) is 1. The average Bonchev–Trinajstić information content (AvgIpc) is 3.27. The van der Waals surface area contributed by atoms with Crippen molar-refractivity contribution in [1.29, 1.82) is 0 Å². The zero-order chi connectivity index (χ0) is 17.2. The molecule has 0 aliphatic heterocycles. The van der Waals surface area contributed by atoms with Gasteiger partial charge in [0.25, 0.3) is 0 Å². The molecule has 0 saturated carbocycles. The van der Waals surface area contributed by atoms with Crippen LogP contribution in [-0.2, 0) is 11.3 Å². The van der Waals surface area contributed by atoms with Gasteiger partial charge in [0.2, 0.25) is 0 Å². The molecule has 0 spiro atoms. The summed E-state index contributed by atoms with van der Waals surface area (Å²) < 4.78 is 7.86. The molecule has 0 saturated heterocycles. The SMILES string of the molecule is O=C(OCc1cn(-c2ccccc2Br)nn1)c1cc2ccccc2[nH]1. The molecule has 0 unspecified atom stereocenters. The Morgan fingerprint density at radius 2 is 1.96 bits per heavy atom. The molecule has 4 rings (SSSR count). The van der Waals surface area contributed by atoms with E-state index in [1.807, 2.05) is 48.5 Å². The quantitative estimate of drug-likeness (QED) is 0.531. The zero-order valence-corrected chi connectivity index (χ0v) is 14.6. The van der Waals surface area contributed by atoms with Crippen molar-refractivity contribution in [1.82, 2.24) is 20.0 Å². The third-order valence-electron chi connectivity index (χ3n) is 3.74. The Kier molecular flexibility index (Phi) is 4.07. The van der Waals surface area contributed by atoms with Gasteiger partial charge in [-0.2, -0.15) is 0 Å². The Bertz CT molecular complexity index is 1020. The normalized spacial score (nSPS) is 10.9. The lowest BCUT2D eigenvalue weighted by atomic mass is 10.2. The summed E-state index contributed by atoms with van der Waals surface area (Å²) in [5.74, 6) is -0.424. The average molecular weight is 397 g/mol. The van der Waals surface area contributed by atoms with Crippen molar-refractivity contribution >= 4 is 32.8 Å². The predicted molar refractivity (Wildman–Crippen MR) is 96.5 cm³/mol. The summed E-state index contributed by atoms with van der Waals surface area (Å²) in [6.45, 7) is 0.0542. The molecule has 0 aliphatic rings. The molecule has 0 fully saturated rings. The maximum Gasteiger partial charge on any atom is 0.355 e. The standard InChI is InChI=1S/C18H13BrN4O2/c19-14-6-2-4-8-17(14)23-10-13(21-22-23)11-25-18(24)16-9-12-5-1-3-7-15(12)20-16/h1-10,20H,11H2. The molecule has 0 bridgehead atoms. The molecule has 0 amide bonds. The highest BCUT2D eigenvalue weighted by Crippen LogP contribution is 2.20. The van der Waals surface area contributed by atoms with Gasteiger partial charge in [-0.25, -0.2) is 9.48 Å². The second-order valence-electron chi connectivity index (χ2n) is 5.45. The van der Waals surface area contributed by atoms with Gasteiger partial charge in [-0.3, -0.25) is 0 Å². The predicted octanol–water partition coefficient (Wildman–Crippen LogP) is 3.87. The monoisotopic (exact) mass is 396 g/mol. The van der Waals surface area contributed by atoms with E-state index in [1.54, 1.807) is 16.9 Å². The van der Waals surface area contributed by atoms with Gasteiger partial charge in [0.15, 0.2) is 0 Å². The van der Waals surface area contributed by atoms with E-state index in [4.69, 9.17) is 4.74 Å². The fourth-order valence-electron chi connectivity index (χ4n) is 2.52. The smallest absolute Gasteiger partial charge is 0.355 e. The number of carbonyl (C=O) groups is 1. The third kappa shape index (κ3) is 3.18. The summed E-state index contributed by atoms with van der Waals surface area (Å²) >= 11 is 3.47. The van der Waals surface area contributed by atoms with Crippen LogP contribution in [0.15, 0.2) is 65.3 Å². The van der Waals surface area contributed by atoms with Crippen molar-refractivity contribution in [3.05, 3.63) is 76.7 Å². The topological polar surface area (TPSA) is 72.8 Å². The van der Waals surface area contributed by atoms with Crippen LogP contribution in [0.2, 0.25) is 0 Å². The highest BCUT2D eigenvalue weighted by atomic mass is 79.9. The number of fused-ring (bicyclic) bond motifs is 1. The zero-order valence-electron chi connectivity index (χ0n) is 13.0. The first-order valence-corrected chi connectivity index (χ1v) is 8.41. The van der Waals surface area contributed by atoms with Crippen LogP contribution in [0.5, 0.6) is 0 Å². The lowest BCUT2D eigenvalue weighted by Crippen LogP contribution is -2.05. The number of para-hydroxylation sites is 2. The summed E-state index contributed by atoms with van der Waals surface area (Å²) in [6, 6.07) is 17.1. The van der Waals surface area contributed by atoms with E-state index in [9.17, 15) is 4.79 Å². The van der Waals surface area contributed by atoms with Crippen LogP contribution in [0.3, 0.4) is 0 Å². The fraction of sp³-hybridized carbons (Fsp3) is 0.0556. The molecule has 6 nitrogen and oxygen atoms in total. The minimum atomic E-state index is -0.424. The molecule has 7 heteroatoms. The number of ether oxygens (including phenoxy) is 1. The summed E-state index contributed by atoms with van der Waals surface area (Å²) in [4.78, 5) is 15.3. The molecule has 4 aromatic rings. The molecule has 124 valence electrons. The van der Waals surface area contributed by atoms with Crippen LogP contribution in [0.1, 0.15) is 16.2 Å². The number of esters is 1. The maximum atomic E-state index is 12.2. The van der Waals surface area contributed by atoms with Crippen LogP contribution >= 0.6 is 15.9 Å². The van der Waals surface area contributed by atoms with Gasteiger partial charge in [0.05, 0.1) is 11.9 Å². The van der Waals surface area contributed by atoms with Crippen molar-refractivity contribution < 1.29 is 9.53 Å². The molecule has 2 aromatic carbocycles. The molecule has 0 atom stereocenters. The highest BCUT2D eigenvalue weighted by Gasteiger charge is 2.12. The second kappa shape index (κ2) is 6.52. The molecular weight excluding hydrogens is 384 g/mol. The molecule has 2 aromatic heterocycles. The maximum absolute atomic E-state index is 12.2. The number of aromatic amines is 1. The number of H-pyrrole nitrogens is 1. The van der Waals surface area contributed by atoms with Crippen LogP contribution in [0, 0.1) is 0 Å². The Morgan fingerprint density at radius 1 is 1.16 bits per heavy atom. The number of hydrogen-bond donors (Lipinski definition) is 1. The van der Waals surface area contributed by atoms with E-state index < -0.39 is 5.97 Å². The van der Waals surface area contributed by atoms with Gasteiger partial charge < -0.3 is 9.72 Å². The Hall–Kier alpha value is -2.93. The van der Waals surface area contributed by atoms with Gasteiger partial charge in [-0.15, -0.1) is 5.10 Å². The summed E-state index contributed by atoms with van der Waals surface area (Å²) in [6.07, 6.45) is 1.73. The summed E-state index contributed by atoms with van der Waals surface area (Å²) in [5, 5.41) is 9.08. The minimum Gasteiger partial charge on any atom is -0.454 e. The summed E-state index contributed by atoms with van der Waals surface area (Å²) in [7, 11) is 0. The van der Waals surface area contributed by atoms with Crippen LogP contribution in [0.25, 0.3) is 16.6 Å². The lowest BCUT2D eigenvalue weighted by Gasteiger charge is -2.02. The highest BCUT2D eigenvalue weighted by molar-refractivity contribution is 9.10. The number of carbonyl (C=O) groups excluding carboxylic acids is 1. The van der Waals surface area contributed by atoms with E-state index in [0.29, 0.717) is 11.4 Å². The van der Waals surface area contributed by atoms with E-state index in [1.165, 1.54) is 0 Å². The van der Waals surface area contributed by atoms with E-state index in [0.717, 1.165) is 21.1 Å². The largest absolute Gasteiger partial charge is 0.454 e. The lowest BCUT2D eigenvalue weighted by molar-refractivity contribution is 0.0462. The van der Waals surface area contributed by atoms with Crippen molar-refractivity contribution in [2.75, 3.05) is 0 Å². The van der Waals surface area contributed by atoms with E-state index in [2.05, 4.69) is 31.2 Å². The van der Waals surface area contributed by atoms with Crippen LogP contribution in [0.4, 0.5) is 0 Å². The third-order valence-corrected chi connectivity index (χ3v) is 4.41. The molecule has 1 N–H and O–H groups in total. The van der Waals surface area contributed by atoms with E-state index >= 15 is 0 Å². The van der Waals surface area contributed by atoms with Crippen molar-refractivity contribution in [3.8, 4) is 5.69 Å². The molecular formula is C18H13BrN4O2. The van der Waals surface area contributed by atoms with Crippen molar-refractivity contribution in [2.45, 2.75) is 6.61 Å². The molecule has 25 heavy (non-hydrogen) atoms. The molecule has 0 radical (unpaired) electrons. The van der Waals surface area contributed by atoms with Crippen molar-refractivity contribution in [3.63, 3.8) is 0 Å². The molecule has 0 aliphatic carbocycles. The second-order valence-corrected chi connectivity index (χ2v) is 6.31. The Balaban J connectivity index is 1.46. The van der Waals surface area contributed by atoms with Crippen LogP contribution in [-0.4, -0.2) is 25.9 Å². The number of nitrogens with zero attached hydrogens (tertiary/aromatic N) is 3. The van der Waals surface area contributed by atoms with Gasteiger partial charge in [-0.05, 0) is 40.2 Å². The first-order chi connectivity index (χ1) is 12.2. The number of rotatable bonds is 4. The van der Waals surface area contributed by atoms with Gasteiger partial charge in [0.1, 0.15) is 18.0 Å². The number of aromatic nitrogens is 4. The first kappa shape index (κ1) is 15.6. The first-order valence-electron chi connectivity index (χ1n) is 7.62. The fourth-order valence-corrected chi connectivity index (χ4v) is 2.99. The molecule has 2 heterocycles. The van der Waals surface area contributed by atoms with E-state index in [-0.39, 0.29) is 6.61 Å². The van der Waals surface area contributed by atoms with Crippen LogP contribution < -0.4 is 0 Å². The van der Waals surface area contributed by atoms with Gasteiger partial charge in [0, 0.05) is 15.4 Å². The Morgan fingerprint density at radius 3 is 2.80 bits per heavy atom. The van der Waals surface area contributed by atoms with Crippen molar-refractivity contribution in [2.24, 2.45) is 0 Å². The van der Waals surface area contributed by atoms with Gasteiger partial charge >= 0.3 is 5.97 Å². The summed E-state index contributed by atoms with van der Waals surface area (Å²) in [5.41, 5.74) is 2.75.